The van der Waals surface area contributed by atoms with Crippen LogP contribution in [0.4, 0.5) is 0 Å². The largest absolute Gasteiger partial charge is 0.379 e. The zero-order chi connectivity index (χ0) is 15.7. The number of hydrogen-bond donors (Lipinski definition) is 1. The first-order valence-electron chi connectivity index (χ1n) is 8.87. The molecule has 0 aromatic rings. The molecule has 3 nitrogen and oxygen atoms in total. The summed E-state index contributed by atoms with van der Waals surface area (Å²) in [5.74, 6) is 1.81. The molecule has 0 amide bonds. The van der Waals surface area contributed by atoms with Crippen molar-refractivity contribution in [2.24, 2.45) is 17.3 Å². The highest BCUT2D eigenvalue weighted by Gasteiger charge is 2.19. The molecule has 1 saturated heterocycles. The Morgan fingerprint density at radius 2 is 1.81 bits per heavy atom. The Morgan fingerprint density at radius 1 is 1.14 bits per heavy atom. The summed E-state index contributed by atoms with van der Waals surface area (Å²) in [4.78, 5) is 2.57. The smallest absolute Gasteiger partial charge is 0.0594 e. The van der Waals surface area contributed by atoms with Crippen LogP contribution in [-0.2, 0) is 4.74 Å². The molecular weight excluding hydrogens is 260 g/mol. The predicted molar refractivity (Wildman–Crippen MR) is 91.8 cm³/mol. The highest BCUT2D eigenvalue weighted by atomic mass is 16.5. The van der Waals surface area contributed by atoms with E-state index in [-0.39, 0.29) is 0 Å². The van der Waals surface area contributed by atoms with Gasteiger partial charge in [-0.1, -0.05) is 34.6 Å². The number of nitrogens with one attached hydrogen (secondary N) is 1. The first kappa shape index (κ1) is 18.9. The van der Waals surface area contributed by atoms with Crippen molar-refractivity contribution in [3.63, 3.8) is 0 Å². The van der Waals surface area contributed by atoms with Crippen molar-refractivity contribution in [3.05, 3.63) is 0 Å². The summed E-state index contributed by atoms with van der Waals surface area (Å²) < 4.78 is 5.74. The molecule has 0 aromatic heterocycles. The fourth-order valence-electron chi connectivity index (χ4n) is 3.02. The number of nitrogens with zero attached hydrogens (tertiary/aromatic N) is 1. The lowest BCUT2D eigenvalue weighted by atomic mass is 9.89. The number of rotatable bonds is 9. The van der Waals surface area contributed by atoms with Crippen molar-refractivity contribution < 1.29 is 4.74 Å². The minimum absolute atomic E-state index is 0.361. The van der Waals surface area contributed by atoms with E-state index in [1.54, 1.807) is 0 Å². The molecule has 0 spiro atoms. The summed E-state index contributed by atoms with van der Waals surface area (Å²) in [5.41, 5.74) is 0.361. The van der Waals surface area contributed by atoms with Crippen LogP contribution >= 0.6 is 0 Å². The third-order valence-corrected chi connectivity index (χ3v) is 4.14. The van der Waals surface area contributed by atoms with E-state index in [9.17, 15) is 0 Å². The first-order valence-corrected chi connectivity index (χ1v) is 8.87. The van der Waals surface area contributed by atoms with Crippen molar-refractivity contribution >= 4 is 0 Å². The normalized spacial score (nSPS) is 18.6. The third-order valence-electron chi connectivity index (χ3n) is 4.14. The molecule has 1 aliphatic rings. The molecule has 3 heteroatoms. The SMILES string of the molecule is CC(C)CC1CCN(CCOCCNCC(C)(C)C)CC1. The maximum atomic E-state index is 5.74. The Morgan fingerprint density at radius 3 is 2.38 bits per heavy atom. The fraction of sp³-hybridized carbons (Fsp3) is 1.00. The van der Waals surface area contributed by atoms with Crippen molar-refractivity contribution in [2.75, 3.05) is 45.9 Å². The fourth-order valence-corrected chi connectivity index (χ4v) is 3.02. The van der Waals surface area contributed by atoms with Crippen LogP contribution < -0.4 is 5.32 Å². The van der Waals surface area contributed by atoms with E-state index >= 15 is 0 Å². The van der Waals surface area contributed by atoms with Gasteiger partial charge in [-0.05, 0) is 49.6 Å². The topological polar surface area (TPSA) is 24.5 Å². The molecule has 0 unspecified atom stereocenters. The Labute approximate surface area is 132 Å². The van der Waals surface area contributed by atoms with Gasteiger partial charge in [0.1, 0.15) is 0 Å². The van der Waals surface area contributed by atoms with Crippen LogP contribution in [-0.4, -0.2) is 50.8 Å². The molecule has 0 radical (unpaired) electrons. The molecule has 0 saturated carbocycles. The molecule has 0 aromatic carbocycles. The zero-order valence-corrected chi connectivity index (χ0v) is 15.1. The van der Waals surface area contributed by atoms with Crippen LogP contribution in [0.25, 0.3) is 0 Å². The van der Waals surface area contributed by atoms with E-state index in [2.05, 4.69) is 44.8 Å². The average molecular weight is 299 g/mol. The van der Waals surface area contributed by atoms with Crippen LogP contribution in [0.15, 0.2) is 0 Å². The summed E-state index contributed by atoms with van der Waals surface area (Å²) >= 11 is 0. The van der Waals surface area contributed by atoms with Gasteiger partial charge in [-0.2, -0.15) is 0 Å². The van der Waals surface area contributed by atoms with Gasteiger partial charge in [0, 0.05) is 19.6 Å². The lowest BCUT2D eigenvalue weighted by Gasteiger charge is -2.32. The van der Waals surface area contributed by atoms with Crippen LogP contribution in [0.2, 0.25) is 0 Å². The Balaban J connectivity index is 1.93. The quantitative estimate of drug-likeness (QED) is 0.660. The average Bonchev–Trinajstić information content (AvgIpc) is 2.37. The monoisotopic (exact) mass is 298 g/mol. The van der Waals surface area contributed by atoms with Gasteiger partial charge in [-0.15, -0.1) is 0 Å². The van der Waals surface area contributed by atoms with E-state index in [1.807, 2.05) is 0 Å². The first-order chi connectivity index (χ1) is 9.87. The third kappa shape index (κ3) is 10.3. The molecule has 1 rings (SSSR count). The molecule has 0 bridgehead atoms. The second-order valence-electron chi connectivity index (χ2n) is 8.26. The maximum Gasteiger partial charge on any atom is 0.0594 e. The molecule has 0 atom stereocenters. The van der Waals surface area contributed by atoms with Crippen LogP contribution in [0.5, 0.6) is 0 Å². The molecule has 126 valence electrons. The number of likely N-dealkylation sites (tertiary alicyclic amines) is 1. The van der Waals surface area contributed by atoms with Gasteiger partial charge in [-0.25, -0.2) is 0 Å². The van der Waals surface area contributed by atoms with Crippen LogP contribution in [0.1, 0.15) is 53.9 Å². The van der Waals surface area contributed by atoms with Gasteiger partial charge in [0.2, 0.25) is 0 Å². The number of piperidine rings is 1. The summed E-state index contributed by atoms with van der Waals surface area (Å²) in [6.45, 7) is 18.8. The van der Waals surface area contributed by atoms with E-state index in [4.69, 9.17) is 4.74 Å². The Kier molecular flexibility index (Phi) is 8.84. The lowest BCUT2D eigenvalue weighted by molar-refractivity contribution is 0.0865. The van der Waals surface area contributed by atoms with E-state index in [1.165, 1.54) is 32.4 Å². The van der Waals surface area contributed by atoms with E-state index in [0.717, 1.165) is 44.7 Å². The van der Waals surface area contributed by atoms with Crippen molar-refractivity contribution in [1.82, 2.24) is 10.2 Å². The molecule has 1 aliphatic heterocycles. The minimum atomic E-state index is 0.361. The van der Waals surface area contributed by atoms with E-state index in [0.29, 0.717) is 5.41 Å². The lowest BCUT2D eigenvalue weighted by Crippen LogP contribution is -2.36. The number of hydrogen-bond acceptors (Lipinski definition) is 3. The van der Waals surface area contributed by atoms with Gasteiger partial charge in [0.05, 0.1) is 13.2 Å². The molecule has 1 heterocycles. The summed E-state index contributed by atoms with van der Waals surface area (Å²) in [6, 6.07) is 0. The van der Waals surface area contributed by atoms with E-state index < -0.39 is 0 Å². The van der Waals surface area contributed by atoms with Crippen LogP contribution in [0.3, 0.4) is 0 Å². The summed E-state index contributed by atoms with van der Waals surface area (Å²) in [6.07, 6.45) is 4.17. The predicted octanol–water partition coefficient (Wildman–Crippen LogP) is 3.40. The maximum absolute atomic E-state index is 5.74. The van der Waals surface area contributed by atoms with Gasteiger partial charge in [-0.3, -0.25) is 0 Å². The number of ether oxygens (including phenoxy) is 1. The van der Waals surface area contributed by atoms with Gasteiger partial charge < -0.3 is 15.0 Å². The Hall–Kier alpha value is -0.120. The Bertz CT molecular complexity index is 252. The van der Waals surface area contributed by atoms with Crippen molar-refractivity contribution in [3.8, 4) is 0 Å². The summed E-state index contributed by atoms with van der Waals surface area (Å²) in [7, 11) is 0. The van der Waals surface area contributed by atoms with Gasteiger partial charge >= 0.3 is 0 Å². The minimum Gasteiger partial charge on any atom is -0.379 e. The second-order valence-corrected chi connectivity index (χ2v) is 8.26. The molecule has 21 heavy (non-hydrogen) atoms. The highest BCUT2D eigenvalue weighted by molar-refractivity contribution is 4.73. The molecule has 0 aliphatic carbocycles. The van der Waals surface area contributed by atoms with Crippen molar-refractivity contribution in [1.29, 1.82) is 0 Å². The molecule has 1 fully saturated rings. The van der Waals surface area contributed by atoms with Gasteiger partial charge in [0.25, 0.3) is 0 Å². The highest BCUT2D eigenvalue weighted by Crippen LogP contribution is 2.23. The zero-order valence-electron chi connectivity index (χ0n) is 15.1. The molecule has 1 N–H and O–H groups in total. The van der Waals surface area contributed by atoms with Crippen molar-refractivity contribution in [2.45, 2.75) is 53.9 Å². The van der Waals surface area contributed by atoms with Crippen LogP contribution in [0, 0.1) is 17.3 Å². The second kappa shape index (κ2) is 9.81. The molecular formula is C18H38N2O. The standard InChI is InChI=1S/C18H38N2O/c1-16(2)14-17-6-9-20(10-7-17)11-13-21-12-8-19-15-18(3,4)5/h16-17,19H,6-15H2,1-5H3. The van der Waals surface area contributed by atoms with Gasteiger partial charge in [0.15, 0.2) is 0 Å². The summed E-state index contributed by atoms with van der Waals surface area (Å²) in [5, 5.41) is 3.45.